The summed E-state index contributed by atoms with van der Waals surface area (Å²) in [6.07, 6.45) is 0. The first-order valence-corrected chi connectivity index (χ1v) is 11.0. The molecule has 3 heterocycles. The molecule has 0 saturated carbocycles. The maximum atomic E-state index is 12.7. The average Bonchev–Trinajstić information content (AvgIpc) is 2.85. The number of benzene rings is 2. The third-order valence-corrected chi connectivity index (χ3v) is 6.25. The van der Waals surface area contributed by atoms with Gasteiger partial charge in [-0.15, -0.1) is 10.2 Å². The number of carbonyl (C=O) groups excluding carboxylic acids is 1. The Morgan fingerprint density at radius 2 is 1.55 bits per heavy atom. The molecule has 1 N–H and O–H groups in total. The summed E-state index contributed by atoms with van der Waals surface area (Å²) in [6, 6.07) is 18.5. The molecule has 2 aliphatic rings. The monoisotopic (exact) mass is 418 g/mol. The molecule has 2 aromatic carbocycles. The quantitative estimate of drug-likeness (QED) is 0.681. The van der Waals surface area contributed by atoms with Gasteiger partial charge in [-0.05, 0) is 0 Å². The zero-order valence-electron chi connectivity index (χ0n) is 17.7. The maximum absolute atomic E-state index is 12.7. The Hall–Kier alpha value is -3.03. The first-order chi connectivity index (χ1) is 15.3. The molecule has 0 radical (unpaired) electrons. The van der Waals surface area contributed by atoms with Crippen LogP contribution in [-0.4, -0.2) is 80.0 Å². The van der Waals surface area contributed by atoms with Gasteiger partial charge in [0.1, 0.15) is 18.8 Å². The van der Waals surface area contributed by atoms with Crippen molar-refractivity contribution in [3.63, 3.8) is 0 Å². The Bertz CT molecular complexity index is 1040. The fourth-order valence-corrected chi connectivity index (χ4v) is 4.46. The molecule has 0 atom stereocenters. The van der Waals surface area contributed by atoms with Crippen molar-refractivity contribution in [3.8, 4) is 11.3 Å². The minimum Gasteiger partial charge on any atom is -0.370 e. The third-order valence-electron chi connectivity index (χ3n) is 6.25. The number of amides is 1. The summed E-state index contributed by atoms with van der Waals surface area (Å²) in [5, 5.41) is 11.4. The largest absolute Gasteiger partial charge is 0.370 e. The van der Waals surface area contributed by atoms with E-state index in [9.17, 15) is 4.79 Å². The lowest BCUT2D eigenvalue weighted by Gasteiger charge is -2.36. The molecule has 0 unspecified atom stereocenters. The average molecular weight is 419 g/mol. The zero-order chi connectivity index (χ0) is 21.0. The van der Waals surface area contributed by atoms with Crippen molar-refractivity contribution in [3.05, 3.63) is 54.6 Å². The number of morpholine rings is 1. The van der Waals surface area contributed by atoms with Gasteiger partial charge in [0.05, 0.1) is 13.2 Å². The standard InChI is InChI=1S/C24H27N5O2/c30-22(18-27-14-16-31-17-15-27)28-10-12-29(13-11-28)24-21-9-5-4-8-20(21)23(25-26-24)19-6-2-1-3-7-19/h1-9H,10-18H2/p+1. The number of aromatic nitrogens is 2. The predicted octanol–water partition coefficient (Wildman–Crippen LogP) is 0.861. The second-order valence-electron chi connectivity index (χ2n) is 8.19. The summed E-state index contributed by atoms with van der Waals surface area (Å²) in [5.41, 5.74) is 1.97. The van der Waals surface area contributed by atoms with E-state index in [1.807, 2.05) is 35.2 Å². The highest BCUT2D eigenvalue weighted by Crippen LogP contribution is 2.31. The van der Waals surface area contributed by atoms with Crippen LogP contribution in [0.5, 0.6) is 0 Å². The van der Waals surface area contributed by atoms with Gasteiger partial charge in [0.25, 0.3) is 5.91 Å². The van der Waals surface area contributed by atoms with Gasteiger partial charge in [-0.1, -0.05) is 54.6 Å². The van der Waals surface area contributed by atoms with Crippen LogP contribution in [0.1, 0.15) is 0 Å². The molecule has 2 aliphatic heterocycles. The van der Waals surface area contributed by atoms with Crippen molar-refractivity contribution < 1.29 is 14.4 Å². The number of piperazine rings is 1. The molecule has 0 spiro atoms. The highest BCUT2D eigenvalue weighted by molar-refractivity contribution is 6.00. The summed E-state index contributed by atoms with van der Waals surface area (Å²) in [5.74, 6) is 1.15. The van der Waals surface area contributed by atoms with Crippen LogP contribution in [0.2, 0.25) is 0 Å². The van der Waals surface area contributed by atoms with Gasteiger partial charge >= 0.3 is 0 Å². The molecule has 0 bridgehead atoms. The number of ether oxygens (including phenoxy) is 1. The van der Waals surface area contributed by atoms with E-state index in [0.29, 0.717) is 6.54 Å². The van der Waals surface area contributed by atoms with Crippen LogP contribution in [0.15, 0.2) is 54.6 Å². The highest BCUT2D eigenvalue weighted by Gasteiger charge is 2.27. The first-order valence-electron chi connectivity index (χ1n) is 11.0. The molecular formula is C24H28N5O2+. The van der Waals surface area contributed by atoms with E-state index < -0.39 is 0 Å². The van der Waals surface area contributed by atoms with E-state index in [1.165, 1.54) is 4.90 Å². The van der Waals surface area contributed by atoms with Crippen LogP contribution in [0, 0.1) is 0 Å². The number of hydrogen-bond donors (Lipinski definition) is 1. The normalized spacial score (nSPS) is 17.8. The lowest BCUT2D eigenvalue weighted by atomic mass is 10.0. The van der Waals surface area contributed by atoms with Gasteiger partial charge in [-0.2, -0.15) is 0 Å². The molecule has 7 nitrogen and oxygen atoms in total. The van der Waals surface area contributed by atoms with Crippen LogP contribution < -0.4 is 9.80 Å². The molecule has 160 valence electrons. The van der Waals surface area contributed by atoms with Gasteiger partial charge in [0.15, 0.2) is 12.4 Å². The van der Waals surface area contributed by atoms with E-state index in [-0.39, 0.29) is 5.91 Å². The van der Waals surface area contributed by atoms with Crippen molar-refractivity contribution in [1.82, 2.24) is 15.1 Å². The van der Waals surface area contributed by atoms with E-state index >= 15 is 0 Å². The number of nitrogens with one attached hydrogen (secondary N) is 1. The van der Waals surface area contributed by atoms with Gasteiger partial charge in [0.2, 0.25) is 0 Å². The predicted molar refractivity (Wildman–Crippen MR) is 120 cm³/mol. The van der Waals surface area contributed by atoms with Gasteiger partial charge in [0, 0.05) is 42.5 Å². The molecule has 5 rings (SSSR count). The SMILES string of the molecule is O=C(C[NH+]1CCOCC1)N1CCN(c2nnc(-c3ccccc3)c3ccccc23)CC1. The van der Waals surface area contributed by atoms with Crippen molar-refractivity contribution in [2.75, 3.05) is 63.9 Å². The van der Waals surface area contributed by atoms with Crippen molar-refractivity contribution in [2.45, 2.75) is 0 Å². The number of hydrogen-bond acceptors (Lipinski definition) is 5. The van der Waals surface area contributed by atoms with E-state index in [4.69, 9.17) is 4.74 Å². The first kappa shape index (κ1) is 19.9. The van der Waals surface area contributed by atoms with Crippen molar-refractivity contribution in [1.29, 1.82) is 0 Å². The summed E-state index contributed by atoms with van der Waals surface area (Å²) in [4.78, 5) is 18.3. The number of rotatable bonds is 4. The molecular weight excluding hydrogens is 390 g/mol. The lowest BCUT2D eigenvalue weighted by Crippen LogP contribution is -3.15. The van der Waals surface area contributed by atoms with Crippen molar-refractivity contribution in [2.24, 2.45) is 0 Å². The Labute approximate surface area is 182 Å². The molecule has 7 heteroatoms. The van der Waals surface area contributed by atoms with Crippen LogP contribution in [0.3, 0.4) is 0 Å². The molecule has 2 fully saturated rings. The fraction of sp³-hybridized carbons (Fsp3) is 0.375. The topological polar surface area (TPSA) is 63.0 Å². The van der Waals surface area contributed by atoms with Crippen LogP contribution in [0.25, 0.3) is 22.0 Å². The lowest BCUT2D eigenvalue weighted by molar-refractivity contribution is -0.900. The highest BCUT2D eigenvalue weighted by atomic mass is 16.5. The Morgan fingerprint density at radius 3 is 2.29 bits per heavy atom. The maximum Gasteiger partial charge on any atom is 0.277 e. The fourth-order valence-electron chi connectivity index (χ4n) is 4.46. The number of fused-ring (bicyclic) bond motifs is 1. The van der Waals surface area contributed by atoms with E-state index in [0.717, 1.165) is 80.3 Å². The number of carbonyl (C=O) groups is 1. The van der Waals surface area contributed by atoms with Gasteiger partial charge in [-0.25, -0.2) is 0 Å². The van der Waals surface area contributed by atoms with Crippen molar-refractivity contribution >= 4 is 22.5 Å². The minimum absolute atomic E-state index is 0.243. The second-order valence-corrected chi connectivity index (χ2v) is 8.19. The Balaban J connectivity index is 1.31. The summed E-state index contributed by atoms with van der Waals surface area (Å²) in [6.45, 7) is 6.89. The number of quaternary nitrogens is 1. The Kier molecular flexibility index (Phi) is 5.78. The summed E-state index contributed by atoms with van der Waals surface area (Å²) >= 11 is 0. The van der Waals surface area contributed by atoms with Gasteiger partial charge in [-0.3, -0.25) is 4.79 Å². The van der Waals surface area contributed by atoms with Crippen LogP contribution in [-0.2, 0) is 9.53 Å². The molecule has 1 amide bonds. The minimum atomic E-state index is 0.243. The third kappa shape index (κ3) is 4.24. The molecule has 31 heavy (non-hydrogen) atoms. The molecule has 3 aromatic rings. The van der Waals surface area contributed by atoms with E-state index in [2.05, 4.69) is 39.4 Å². The second kappa shape index (κ2) is 8.99. The molecule has 2 saturated heterocycles. The molecule has 1 aromatic heterocycles. The van der Waals surface area contributed by atoms with Crippen LogP contribution >= 0.6 is 0 Å². The molecule has 0 aliphatic carbocycles. The van der Waals surface area contributed by atoms with E-state index in [1.54, 1.807) is 0 Å². The number of nitrogens with zero attached hydrogens (tertiary/aromatic N) is 4. The number of anilines is 1. The summed E-state index contributed by atoms with van der Waals surface area (Å²) < 4.78 is 5.40. The zero-order valence-corrected chi connectivity index (χ0v) is 17.7. The van der Waals surface area contributed by atoms with Gasteiger partial charge < -0.3 is 19.4 Å². The smallest absolute Gasteiger partial charge is 0.277 e. The van der Waals surface area contributed by atoms with Crippen LogP contribution in [0.4, 0.5) is 5.82 Å². The summed E-state index contributed by atoms with van der Waals surface area (Å²) in [7, 11) is 0. The Morgan fingerprint density at radius 1 is 0.871 bits per heavy atom.